The number of hydrogen-bond donors (Lipinski definition) is 0. The average Bonchev–Trinajstić information content (AvgIpc) is 2.39. The Labute approximate surface area is 109 Å². The van der Waals surface area contributed by atoms with E-state index in [9.17, 15) is 0 Å². The van der Waals surface area contributed by atoms with Crippen LogP contribution in [-0.4, -0.2) is 4.98 Å². The van der Waals surface area contributed by atoms with Crippen molar-refractivity contribution in [1.82, 2.24) is 4.98 Å². The van der Waals surface area contributed by atoms with Gasteiger partial charge in [-0.25, -0.2) is 0 Å². The lowest BCUT2D eigenvalue weighted by Gasteiger charge is -2.11. The molecule has 1 heterocycles. The van der Waals surface area contributed by atoms with Gasteiger partial charge in [-0.3, -0.25) is 4.98 Å². The van der Waals surface area contributed by atoms with E-state index < -0.39 is 0 Å². The molecule has 1 heteroatoms. The SMILES string of the molecule is C=C(CC)c1ccc(-c2cnccc2C)c(C)c1. The van der Waals surface area contributed by atoms with Crippen molar-refractivity contribution >= 4 is 5.57 Å². The molecule has 1 nitrogen and oxygen atoms in total. The highest BCUT2D eigenvalue weighted by molar-refractivity contribution is 5.73. The number of nitrogens with zero attached hydrogens (tertiary/aromatic N) is 1. The maximum absolute atomic E-state index is 4.22. The zero-order valence-corrected chi connectivity index (χ0v) is 11.3. The molecule has 1 aromatic heterocycles. The summed E-state index contributed by atoms with van der Waals surface area (Å²) in [5, 5.41) is 0. The Bertz CT molecular complexity index is 582. The van der Waals surface area contributed by atoms with E-state index in [1.807, 2.05) is 18.5 Å². The third-order valence-corrected chi connectivity index (χ3v) is 3.39. The summed E-state index contributed by atoms with van der Waals surface area (Å²) in [6.07, 6.45) is 4.76. The predicted molar refractivity (Wildman–Crippen MR) is 78.5 cm³/mol. The Morgan fingerprint density at radius 3 is 2.50 bits per heavy atom. The second kappa shape index (κ2) is 5.18. The van der Waals surface area contributed by atoms with Crippen molar-refractivity contribution in [3.63, 3.8) is 0 Å². The van der Waals surface area contributed by atoms with Gasteiger partial charge >= 0.3 is 0 Å². The first kappa shape index (κ1) is 12.6. The molecule has 1 aromatic carbocycles. The average molecular weight is 237 g/mol. The summed E-state index contributed by atoms with van der Waals surface area (Å²) in [4.78, 5) is 4.22. The molecule has 0 aliphatic carbocycles. The van der Waals surface area contributed by atoms with Crippen molar-refractivity contribution in [3.05, 3.63) is 59.9 Å². The van der Waals surface area contributed by atoms with Crippen molar-refractivity contribution in [2.45, 2.75) is 27.2 Å². The third kappa shape index (κ3) is 2.35. The molecule has 18 heavy (non-hydrogen) atoms. The summed E-state index contributed by atoms with van der Waals surface area (Å²) in [7, 11) is 0. The highest BCUT2D eigenvalue weighted by Gasteiger charge is 2.06. The van der Waals surface area contributed by atoms with E-state index in [1.54, 1.807) is 0 Å². The normalized spacial score (nSPS) is 10.4. The summed E-state index contributed by atoms with van der Waals surface area (Å²) in [5.74, 6) is 0. The van der Waals surface area contributed by atoms with Gasteiger partial charge in [-0.15, -0.1) is 0 Å². The van der Waals surface area contributed by atoms with Crippen molar-refractivity contribution in [2.75, 3.05) is 0 Å². The van der Waals surface area contributed by atoms with E-state index in [4.69, 9.17) is 0 Å². The van der Waals surface area contributed by atoms with E-state index in [2.05, 4.69) is 50.5 Å². The van der Waals surface area contributed by atoms with Gasteiger partial charge in [-0.05, 0) is 54.2 Å². The molecule has 0 aliphatic rings. The van der Waals surface area contributed by atoms with Crippen LogP contribution in [0.15, 0.2) is 43.2 Å². The minimum absolute atomic E-state index is 0.991. The summed E-state index contributed by atoms with van der Waals surface area (Å²) in [5.41, 5.74) is 7.43. The van der Waals surface area contributed by atoms with Gasteiger partial charge < -0.3 is 0 Å². The van der Waals surface area contributed by atoms with Gasteiger partial charge in [0.05, 0.1) is 0 Å². The standard InChI is InChI=1S/C17H19N/c1-5-12(2)15-6-7-16(14(4)10-15)17-11-18-9-8-13(17)3/h6-11H,2,5H2,1,3-4H3. The molecular formula is C17H19N. The first-order chi connectivity index (χ1) is 8.63. The van der Waals surface area contributed by atoms with Crippen molar-refractivity contribution in [1.29, 1.82) is 0 Å². The molecule has 0 spiro atoms. The van der Waals surface area contributed by atoms with E-state index in [1.165, 1.54) is 33.4 Å². The van der Waals surface area contributed by atoms with E-state index in [-0.39, 0.29) is 0 Å². The van der Waals surface area contributed by atoms with Crippen LogP contribution in [0.5, 0.6) is 0 Å². The first-order valence-electron chi connectivity index (χ1n) is 6.33. The highest BCUT2D eigenvalue weighted by atomic mass is 14.6. The molecule has 92 valence electrons. The number of aryl methyl sites for hydroxylation is 2. The molecule has 0 saturated heterocycles. The van der Waals surface area contributed by atoms with Crippen LogP contribution < -0.4 is 0 Å². The van der Waals surface area contributed by atoms with Crippen molar-refractivity contribution in [2.24, 2.45) is 0 Å². The minimum atomic E-state index is 0.991. The number of allylic oxidation sites excluding steroid dienone is 1. The molecule has 0 fully saturated rings. The second-order valence-electron chi connectivity index (χ2n) is 4.68. The van der Waals surface area contributed by atoms with Crippen LogP contribution in [0.2, 0.25) is 0 Å². The van der Waals surface area contributed by atoms with E-state index in [0.717, 1.165) is 6.42 Å². The van der Waals surface area contributed by atoms with Gasteiger partial charge in [0.2, 0.25) is 0 Å². The van der Waals surface area contributed by atoms with E-state index >= 15 is 0 Å². The fourth-order valence-corrected chi connectivity index (χ4v) is 2.14. The Balaban J connectivity index is 2.49. The zero-order chi connectivity index (χ0) is 13.1. The lowest BCUT2D eigenvalue weighted by Crippen LogP contribution is -1.90. The molecule has 2 aromatic rings. The lowest BCUT2D eigenvalue weighted by atomic mass is 9.94. The summed E-state index contributed by atoms with van der Waals surface area (Å²) in [6.45, 7) is 10.5. The van der Waals surface area contributed by atoms with Crippen LogP contribution in [0.25, 0.3) is 16.7 Å². The maximum atomic E-state index is 4.22. The van der Waals surface area contributed by atoms with Gasteiger partial charge in [0, 0.05) is 18.0 Å². The highest BCUT2D eigenvalue weighted by Crippen LogP contribution is 2.28. The zero-order valence-electron chi connectivity index (χ0n) is 11.3. The topological polar surface area (TPSA) is 12.9 Å². The maximum Gasteiger partial charge on any atom is 0.0349 e. The molecule has 0 bridgehead atoms. The summed E-state index contributed by atoms with van der Waals surface area (Å²) < 4.78 is 0. The van der Waals surface area contributed by atoms with Gasteiger partial charge in [-0.2, -0.15) is 0 Å². The second-order valence-corrected chi connectivity index (χ2v) is 4.68. The van der Waals surface area contributed by atoms with Gasteiger partial charge in [0.15, 0.2) is 0 Å². The Hall–Kier alpha value is -1.89. The summed E-state index contributed by atoms with van der Waals surface area (Å²) >= 11 is 0. The van der Waals surface area contributed by atoms with Gasteiger partial charge in [0.25, 0.3) is 0 Å². The van der Waals surface area contributed by atoms with Crippen LogP contribution in [-0.2, 0) is 0 Å². The molecule has 0 saturated carbocycles. The molecule has 0 aliphatic heterocycles. The fourth-order valence-electron chi connectivity index (χ4n) is 2.14. The van der Waals surface area contributed by atoms with Crippen LogP contribution in [0.1, 0.15) is 30.0 Å². The lowest BCUT2D eigenvalue weighted by molar-refractivity contribution is 1.24. The molecule has 0 N–H and O–H groups in total. The number of benzene rings is 1. The quantitative estimate of drug-likeness (QED) is 0.748. The molecule has 0 atom stereocenters. The molecular weight excluding hydrogens is 218 g/mol. The summed E-state index contributed by atoms with van der Waals surface area (Å²) in [6, 6.07) is 8.59. The molecule has 0 radical (unpaired) electrons. The van der Waals surface area contributed by atoms with Gasteiger partial charge in [0.1, 0.15) is 0 Å². The van der Waals surface area contributed by atoms with Crippen LogP contribution in [0, 0.1) is 13.8 Å². The molecule has 0 amide bonds. The Kier molecular flexibility index (Phi) is 3.61. The smallest absolute Gasteiger partial charge is 0.0349 e. The third-order valence-electron chi connectivity index (χ3n) is 3.39. The van der Waals surface area contributed by atoms with Crippen LogP contribution in [0.4, 0.5) is 0 Å². The van der Waals surface area contributed by atoms with Crippen molar-refractivity contribution in [3.8, 4) is 11.1 Å². The van der Waals surface area contributed by atoms with Crippen molar-refractivity contribution < 1.29 is 0 Å². The number of aromatic nitrogens is 1. The molecule has 0 unspecified atom stereocenters. The van der Waals surface area contributed by atoms with Crippen LogP contribution >= 0.6 is 0 Å². The Morgan fingerprint density at radius 1 is 1.11 bits per heavy atom. The first-order valence-corrected chi connectivity index (χ1v) is 6.33. The predicted octanol–water partition coefficient (Wildman–Crippen LogP) is 4.79. The monoisotopic (exact) mass is 237 g/mol. The number of hydrogen-bond acceptors (Lipinski definition) is 1. The van der Waals surface area contributed by atoms with E-state index in [0.29, 0.717) is 0 Å². The van der Waals surface area contributed by atoms with Crippen LogP contribution in [0.3, 0.4) is 0 Å². The fraction of sp³-hybridized carbons (Fsp3) is 0.235. The number of pyridine rings is 1. The van der Waals surface area contributed by atoms with Gasteiger partial charge in [-0.1, -0.05) is 31.7 Å². The molecule has 2 rings (SSSR count). The number of rotatable bonds is 3. The largest absolute Gasteiger partial charge is 0.264 e. The Morgan fingerprint density at radius 2 is 1.89 bits per heavy atom. The minimum Gasteiger partial charge on any atom is -0.264 e.